The van der Waals surface area contributed by atoms with Gasteiger partial charge in [-0.05, 0) is 50.1 Å². The van der Waals surface area contributed by atoms with Crippen LogP contribution in [0.25, 0.3) is 22.6 Å². The van der Waals surface area contributed by atoms with Crippen molar-refractivity contribution < 1.29 is 9.53 Å². The summed E-state index contributed by atoms with van der Waals surface area (Å²) >= 11 is 2.77. The van der Waals surface area contributed by atoms with Crippen molar-refractivity contribution >= 4 is 34.1 Å². The fourth-order valence-electron chi connectivity index (χ4n) is 3.31. The Balaban J connectivity index is 1.41. The molecule has 0 saturated heterocycles. The monoisotopic (exact) mass is 479 g/mol. The van der Waals surface area contributed by atoms with Crippen molar-refractivity contribution in [2.24, 2.45) is 0 Å². The maximum Gasteiger partial charge on any atom is 0.236 e. The Morgan fingerprint density at radius 3 is 2.73 bits per heavy atom. The van der Waals surface area contributed by atoms with Gasteiger partial charge in [-0.25, -0.2) is 4.98 Å². The van der Waals surface area contributed by atoms with Gasteiger partial charge in [-0.15, -0.1) is 21.5 Å². The zero-order chi connectivity index (χ0) is 23.4. The second-order valence-corrected chi connectivity index (χ2v) is 9.26. The highest BCUT2D eigenvalue weighted by Crippen LogP contribution is 2.28. The van der Waals surface area contributed by atoms with Crippen LogP contribution in [0.2, 0.25) is 0 Å². The van der Waals surface area contributed by atoms with Gasteiger partial charge in [0, 0.05) is 23.1 Å². The fourth-order valence-corrected chi connectivity index (χ4v) is 4.84. The highest BCUT2D eigenvalue weighted by molar-refractivity contribution is 7.99. The standard InChI is InChI=1S/C24H25N5O2S2/c1-5-29-22(18-7-6-8-19(12-18)31-4)27-28-24(29)33-14-21(30)26-23-25-20(13-32-23)17-10-9-15(2)16(3)11-17/h6-13H,5,14H2,1-4H3,(H,25,26,30). The molecule has 0 aliphatic heterocycles. The summed E-state index contributed by atoms with van der Waals surface area (Å²) in [7, 11) is 1.64. The number of thiazole rings is 1. The number of anilines is 1. The largest absolute Gasteiger partial charge is 0.497 e. The van der Waals surface area contributed by atoms with Crippen LogP contribution in [-0.2, 0) is 11.3 Å². The maximum atomic E-state index is 12.6. The molecule has 0 radical (unpaired) electrons. The molecule has 9 heteroatoms. The molecule has 0 atom stereocenters. The first kappa shape index (κ1) is 23.0. The van der Waals surface area contributed by atoms with E-state index in [4.69, 9.17) is 4.74 Å². The number of amides is 1. The molecule has 0 saturated carbocycles. The van der Waals surface area contributed by atoms with Crippen LogP contribution in [0.15, 0.2) is 53.0 Å². The van der Waals surface area contributed by atoms with Crippen molar-refractivity contribution in [1.29, 1.82) is 0 Å². The van der Waals surface area contributed by atoms with Gasteiger partial charge >= 0.3 is 0 Å². The lowest BCUT2D eigenvalue weighted by Crippen LogP contribution is -2.14. The van der Waals surface area contributed by atoms with E-state index < -0.39 is 0 Å². The highest BCUT2D eigenvalue weighted by Gasteiger charge is 2.16. The Kier molecular flexibility index (Phi) is 7.10. The van der Waals surface area contributed by atoms with E-state index in [0.29, 0.717) is 16.8 Å². The molecule has 2 aromatic carbocycles. The number of ether oxygens (including phenoxy) is 1. The molecule has 0 fully saturated rings. The van der Waals surface area contributed by atoms with Gasteiger partial charge in [-0.3, -0.25) is 4.79 Å². The van der Waals surface area contributed by atoms with E-state index in [1.807, 2.05) is 41.1 Å². The second kappa shape index (κ2) is 10.2. The number of hydrogen-bond donors (Lipinski definition) is 1. The average Bonchev–Trinajstić information content (AvgIpc) is 3.46. The number of carbonyl (C=O) groups is 1. The van der Waals surface area contributed by atoms with Crippen molar-refractivity contribution in [3.05, 3.63) is 59.0 Å². The van der Waals surface area contributed by atoms with Crippen LogP contribution in [0.5, 0.6) is 5.75 Å². The quantitative estimate of drug-likeness (QED) is 0.339. The van der Waals surface area contributed by atoms with Gasteiger partial charge in [0.15, 0.2) is 16.1 Å². The molecule has 0 bridgehead atoms. The van der Waals surface area contributed by atoms with Crippen LogP contribution in [0.4, 0.5) is 5.13 Å². The van der Waals surface area contributed by atoms with Crippen molar-refractivity contribution in [1.82, 2.24) is 19.7 Å². The molecule has 33 heavy (non-hydrogen) atoms. The number of carbonyl (C=O) groups excluding carboxylic acids is 1. The number of aryl methyl sites for hydroxylation is 2. The molecular formula is C24H25N5O2S2. The van der Waals surface area contributed by atoms with Crippen LogP contribution in [0, 0.1) is 13.8 Å². The predicted molar refractivity (Wildman–Crippen MR) is 134 cm³/mol. The summed E-state index contributed by atoms with van der Waals surface area (Å²) in [6, 6.07) is 14.0. The van der Waals surface area contributed by atoms with Crippen molar-refractivity contribution in [3.63, 3.8) is 0 Å². The Morgan fingerprint density at radius 1 is 1.12 bits per heavy atom. The molecule has 4 aromatic rings. The summed E-state index contributed by atoms with van der Waals surface area (Å²) < 4.78 is 7.31. The SMILES string of the molecule is CCn1c(SCC(=O)Nc2nc(-c3ccc(C)c(C)c3)cs2)nnc1-c1cccc(OC)c1. The van der Waals surface area contributed by atoms with Crippen LogP contribution in [-0.4, -0.2) is 38.5 Å². The van der Waals surface area contributed by atoms with Crippen LogP contribution in [0.1, 0.15) is 18.1 Å². The lowest BCUT2D eigenvalue weighted by molar-refractivity contribution is -0.113. The number of hydrogen-bond acceptors (Lipinski definition) is 7. The number of methoxy groups -OCH3 is 1. The molecule has 1 amide bonds. The molecule has 0 spiro atoms. The molecule has 1 N–H and O–H groups in total. The first-order chi connectivity index (χ1) is 16.0. The number of benzene rings is 2. The summed E-state index contributed by atoms with van der Waals surface area (Å²) in [6.07, 6.45) is 0. The Morgan fingerprint density at radius 2 is 1.97 bits per heavy atom. The van der Waals surface area contributed by atoms with Gasteiger partial charge in [0.05, 0.1) is 18.6 Å². The molecule has 2 aromatic heterocycles. The van der Waals surface area contributed by atoms with Gasteiger partial charge < -0.3 is 14.6 Å². The summed E-state index contributed by atoms with van der Waals surface area (Å²) in [5, 5.41) is 14.8. The van der Waals surface area contributed by atoms with Crippen LogP contribution < -0.4 is 10.1 Å². The highest BCUT2D eigenvalue weighted by atomic mass is 32.2. The number of nitrogens with zero attached hydrogens (tertiary/aromatic N) is 4. The number of thioether (sulfide) groups is 1. The van der Waals surface area contributed by atoms with Crippen LogP contribution in [0.3, 0.4) is 0 Å². The smallest absolute Gasteiger partial charge is 0.236 e. The third-order valence-corrected chi connectivity index (χ3v) is 6.97. The van der Waals surface area contributed by atoms with Gasteiger partial charge in [0.25, 0.3) is 0 Å². The summed E-state index contributed by atoms with van der Waals surface area (Å²) in [5.74, 6) is 1.59. The lowest BCUT2D eigenvalue weighted by atomic mass is 10.1. The number of rotatable bonds is 8. The van der Waals surface area contributed by atoms with E-state index in [0.717, 1.165) is 28.4 Å². The zero-order valence-corrected chi connectivity index (χ0v) is 20.6. The molecular weight excluding hydrogens is 454 g/mol. The summed E-state index contributed by atoms with van der Waals surface area (Å²) in [6.45, 7) is 6.89. The Hall–Kier alpha value is -3.17. The molecule has 0 unspecified atom stereocenters. The Labute approximate surface area is 201 Å². The van der Waals surface area contributed by atoms with Crippen molar-refractivity contribution in [2.45, 2.75) is 32.5 Å². The number of aromatic nitrogens is 4. The van der Waals surface area contributed by atoms with Gasteiger partial charge in [0.2, 0.25) is 5.91 Å². The topological polar surface area (TPSA) is 81.9 Å². The molecule has 2 heterocycles. The minimum absolute atomic E-state index is 0.130. The Bertz CT molecular complexity index is 1280. The molecule has 0 aliphatic carbocycles. The van der Waals surface area contributed by atoms with Crippen molar-refractivity contribution in [2.75, 3.05) is 18.2 Å². The van der Waals surface area contributed by atoms with E-state index in [1.54, 1.807) is 7.11 Å². The van der Waals surface area contributed by atoms with Crippen LogP contribution >= 0.6 is 23.1 Å². The first-order valence-corrected chi connectivity index (χ1v) is 12.4. The third-order valence-electron chi connectivity index (χ3n) is 5.25. The molecule has 0 aliphatic rings. The fraction of sp³-hybridized carbons (Fsp3) is 0.250. The average molecular weight is 480 g/mol. The molecule has 7 nitrogen and oxygen atoms in total. The van der Waals surface area contributed by atoms with E-state index >= 15 is 0 Å². The normalized spacial score (nSPS) is 10.9. The van der Waals surface area contributed by atoms with Crippen molar-refractivity contribution in [3.8, 4) is 28.4 Å². The zero-order valence-electron chi connectivity index (χ0n) is 19.0. The summed E-state index contributed by atoms with van der Waals surface area (Å²) in [5.41, 5.74) is 5.29. The second-order valence-electron chi connectivity index (χ2n) is 7.46. The molecule has 170 valence electrons. The van der Waals surface area contributed by atoms with E-state index in [2.05, 4.69) is 52.5 Å². The minimum Gasteiger partial charge on any atom is -0.497 e. The predicted octanol–water partition coefficient (Wildman–Crippen LogP) is 5.44. The van der Waals surface area contributed by atoms with Gasteiger partial charge in [-0.1, -0.05) is 36.0 Å². The van der Waals surface area contributed by atoms with E-state index in [9.17, 15) is 4.79 Å². The third kappa shape index (κ3) is 5.26. The summed E-state index contributed by atoms with van der Waals surface area (Å²) in [4.78, 5) is 17.1. The lowest BCUT2D eigenvalue weighted by Gasteiger charge is -2.08. The molecule has 4 rings (SSSR count). The van der Waals surface area contributed by atoms with Gasteiger partial charge in [-0.2, -0.15) is 0 Å². The first-order valence-electron chi connectivity index (χ1n) is 10.5. The van der Waals surface area contributed by atoms with Gasteiger partial charge in [0.1, 0.15) is 5.75 Å². The minimum atomic E-state index is -0.130. The number of nitrogens with one attached hydrogen (secondary N) is 1. The van der Waals surface area contributed by atoms with E-state index in [1.165, 1.54) is 34.2 Å². The maximum absolute atomic E-state index is 12.6. The van der Waals surface area contributed by atoms with E-state index in [-0.39, 0.29) is 11.7 Å².